The zero-order chi connectivity index (χ0) is 21.5. The molecule has 3 rings (SSSR count). The molecule has 6 nitrogen and oxygen atoms in total. The third-order valence-electron chi connectivity index (χ3n) is 3.98. The molecule has 0 aliphatic heterocycles. The van der Waals surface area contributed by atoms with Crippen LogP contribution in [0, 0.1) is 5.82 Å². The molecule has 30 heavy (non-hydrogen) atoms. The van der Waals surface area contributed by atoms with Gasteiger partial charge in [0.2, 0.25) is 0 Å². The molecule has 0 aromatic heterocycles. The molecule has 0 fully saturated rings. The molecule has 1 amide bonds. The van der Waals surface area contributed by atoms with Crippen LogP contribution < -0.4 is 14.9 Å². The van der Waals surface area contributed by atoms with Gasteiger partial charge in [0.05, 0.1) is 29.5 Å². The second kappa shape index (κ2) is 9.67. The van der Waals surface area contributed by atoms with E-state index in [1.807, 2.05) is 0 Å². The van der Waals surface area contributed by atoms with Crippen molar-refractivity contribution in [3.05, 3.63) is 94.3 Å². The summed E-state index contributed by atoms with van der Waals surface area (Å²) in [5.74, 6) is -1.48. The van der Waals surface area contributed by atoms with Crippen molar-refractivity contribution in [1.29, 1.82) is 0 Å². The van der Waals surface area contributed by atoms with E-state index in [2.05, 4.69) is 10.5 Å². The first-order valence-electron chi connectivity index (χ1n) is 8.72. The van der Waals surface area contributed by atoms with Gasteiger partial charge in [0.25, 0.3) is 5.91 Å². The summed E-state index contributed by atoms with van der Waals surface area (Å²) in [5, 5.41) is 4.09. The number of nitrogens with zero attached hydrogens (tertiary/aromatic N) is 1. The van der Waals surface area contributed by atoms with Crippen LogP contribution in [0.15, 0.2) is 71.8 Å². The SMILES string of the molecule is COc1cc(/C=N/NC(=O)c2ccccc2F)ccc1OC(=O)c1ccccc1Cl. The van der Waals surface area contributed by atoms with Crippen LogP contribution in [-0.2, 0) is 0 Å². The van der Waals surface area contributed by atoms with E-state index in [4.69, 9.17) is 21.1 Å². The van der Waals surface area contributed by atoms with Crippen molar-refractivity contribution in [1.82, 2.24) is 5.43 Å². The summed E-state index contributed by atoms with van der Waals surface area (Å²) in [6.07, 6.45) is 1.35. The molecule has 3 aromatic rings. The minimum atomic E-state index is -0.679. The molecule has 0 bridgehead atoms. The van der Waals surface area contributed by atoms with Gasteiger partial charge < -0.3 is 9.47 Å². The normalized spacial score (nSPS) is 10.6. The fourth-order valence-electron chi connectivity index (χ4n) is 2.50. The molecule has 0 heterocycles. The highest BCUT2D eigenvalue weighted by atomic mass is 35.5. The number of hydrazone groups is 1. The molecule has 0 aliphatic carbocycles. The number of nitrogens with one attached hydrogen (secondary N) is 1. The van der Waals surface area contributed by atoms with Crippen LogP contribution in [-0.4, -0.2) is 25.2 Å². The van der Waals surface area contributed by atoms with Gasteiger partial charge in [-0.2, -0.15) is 5.10 Å². The van der Waals surface area contributed by atoms with Crippen molar-refractivity contribution in [2.45, 2.75) is 0 Å². The van der Waals surface area contributed by atoms with E-state index in [0.29, 0.717) is 5.56 Å². The maximum Gasteiger partial charge on any atom is 0.345 e. The summed E-state index contributed by atoms with van der Waals surface area (Å²) in [4.78, 5) is 24.3. The molecule has 0 saturated carbocycles. The van der Waals surface area contributed by atoms with Crippen molar-refractivity contribution >= 4 is 29.7 Å². The van der Waals surface area contributed by atoms with Crippen molar-refractivity contribution in [3.63, 3.8) is 0 Å². The number of carbonyl (C=O) groups excluding carboxylic acids is 2. The molecule has 0 unspecified atom stereocenters. The Morgan fingerprint density at radius 1 is 1.00 bits per heavy atom. The zero-order valence-corrected chi connectivity index (χ0v) is 16.5. The second-order valence-electron chi connectivity index (χ2n) is 5.96. The molecule has 0 radical (unpaired) electrons. The van der Waals surface area contributed by atoms with Crippen LogP contribution in [0.1, 0.15) is 26.3 Å². The molecule has 0 saturated heterocycles. The topological polar surface area (TPSA) is 77.0 Å². The Kier molecular flexibility index (Phi) is 6.77. The molecule has 3 aromatic carbocycles. The van der Waals surface area contributed by atoms with Crippen LogP contribution in [0.5, 0.6) is 11.5 Å². The third kappa shape index (κ3) is 5.01. The average Bonchev–Trinajstić information content (AvgIpc) is 2.75. The van der Waals surface area contributed by atoms with Gasteiger partial charge in [-0.3, -0.25) is 4.79 Å². The first-order chi connectivity index (χ1) is 14.5. The van der Waals surface area contributed by atoms with E-state index in [-0.39, 0.29) is 27.6 Å². The number of benzene rings is 3. The lowest BCUT2D eigenvalue weighted by Gasteiger charge is -2.10. The van der Waals surface area contributed by atoms with Gasteiger partial charge in [-0.1, -0.05) is 35.9 Å². The van der Waals surface area contributed by atoms with Gasteiger partial charge >= 0.3 is 5.97 Å². The van der Waals surface area contributed by atoms with Gasteiger partial charge in [0.15, 0.2) is 11.5 Å². The minimum Gasteiger partial charge on any atom is -0.493 e. The van der Waals surface area contributed by atoms with E-state index in [1.165, 1.54) is 37.6 Å². The number of hydrogen-bond acceptors (Lipinski definition) is 5. The van der Waals surface area contributed by atoms with Gasteiger partial charge in [-0.15, -0.1) is 0 Å². The number of rotatable bonds is 6. The lowest BCUT2D eigenvalue weighted by molar-refractivity contribution is 0.0729. The zero-order valence-electron chi connectivity index (χ0n) is 15.8. The van der Waals surface area contributed by atoms with E-state index < -0.39 is 17.7 Å². The van der Waals surface area contributed by atoms with Crippen LogP contribution >= 0.6 is 11.6 Å². The van der Waals surface area contributed by atoms with Gasteiger partial charge in [0.1, 0.15) is 5.82 Å². The first-order valence-corrected chi connectivity index (χ1v) is 9.10. The summed E-state index contributed by atoms with van der Waals surface area (Å²) in [6, 6.07) is 16.8. The Morgan fingerprint density at radius 2 is 1.70 bits per heavy atom. The highest BCUT2D eigenvalue weighted by Crippen LogP contribution is 2.29. The van der Waals surface area contributed by atoms with Crippen LogP contribution in [0.25, 0.3) is 0 Å². The highest BCUT2D eigenvalue weighted by Gasteiger charge is 2.15. The Hall–Kier alpha value is -3.71. The lowest BCUT2D eigenvalue weighted by atomic mass is 10.2. The summed E-state index contributed by atoms with van der Waals surface area (Å²) in [6.45, 7) is 0. The van der Waals surface area contributed by atoms with Crippen LogP contribution in [0.2, 0.25) is 5.02 Å². The summed E-state index contributed by atoms with van der Waals surface area (Å²) >= 11 is 6.01. The van der Waals surface area contributed by atoms with E-state index in [0.717, 1.165) is 0 Å². The fraction of sp³-hybridized carbons (Fsp3) is 0.0455. The second-order valence-corrected chi connectivity index (χ2v) is 6.37. The summed E-state index contributed by atoms with van der Waals surface area (Å²) in [5.41, 5.74) is 2.91. The van der Waals surface area contributed by atoms with Gasteiger partial charge in [-0.25, -0.2) is 14.6 Å². The molecule has 1 N–H and O–H groups in total. The molecular formula is C22H16ClFN2O4. The largest absolute Gasteiger partial charge is 0.493 e. The smallest absolute Gasteiger partial charge is 0.345 e. The highest BCUT2D eigenvalue weighted by molar-refractivity contribution is 6.33. The Labute approximate surface area is 176 Å². The number of carbonyl (C=O) groups is 2. The van der Waals surface area contributed by atoms with E-state index in [9.17, 15) is 14.0 Å². The van der Waals surface area contributed by atoms with Crippen molar-refractivity contribution < 1.29 is 23.5 Å². The molecule has 0 atom stereocenters. The fourth-order valence-corrected chi connectivity index (χ4v) is 2.71. The van der Waals surface area contributed by atoms with E-state index >= 15 is 0 Å². The summed E-state index contributed by atoms with van der Waals surface area (Å²) in [7, 11) is 1.42. The van der Waals surface area contributed by atoms with Crippen LogP contribution in [0.4, 0.5) is 4.39 Å². The van der Waals surface area contributed by atoms with E-state index in [1.54, 1.807) is 42.5 Å². The monoisotopic (exact) mass is 426 g/mol. The van der Waals surface area contributed by atoms with Crippen molar-refractivity contribution in [3.8, 4) is 11.5 Å². The Balaban J connectivity index is 1.70. The number of hydrogen-bond donors (Lipinski definition) is 1. The summed E-state index contributed by atoms with van der Waals surface area (Å²) < 4.78 is 24.2. The lowest BCUT2D eigenvalue weighted by Crippen LogP contribution is -2.18. The third-order valence-corrected chi connectivity index (χ3v) is 4.31. The molecular weight excluding hydrogens is 411 g/mol. The minimum absolute atomic E-state index is 0.117. The van der Waals surface area contributed by atoms with Gasteiger partial charge in [-0.05, 0) is 48.0 Å². The maximum atomic E-state index is 13.6. The number of halogens is 2. The standard InChI is InChI=1S/C22H16ClFN2O4/c1-29-20-12-14(13-25-26-21(27)16-7-3-5-9-18(16)24)10-11-19(20)30-22(28)15-6-2-4-8-17(15)23/h2-13H,1H3,(H,26,27)/b25-13+. The number of esters is 1. The molecule has 8 heteroatoms. The molecule has 0 aliphatic rings. The van der Waals surface area contributed by atoms with Crippen molar-refractivity contribution in [2.75, 3.05) is 7.11 Å². The average molecular weight is 427 g/mol. The molecule has 152 valence electrons. The Morgan fingerprint density at radius 3 is 2.40 bits per heavy atom. The van der Waals surface area contributed by atoms with Crippen LogP contribution in [0.3, 0.4) is 0 Å². The predicted octanol–water partition coefficient (Wildman–Crippen LogP) is 4.47. The maximum absolute atomic E-state index is 13.6. The first kappa shape index (κ1) is 21.0. The quantitative estimate of drug-likeness (QED) is 0.273. The molecule has 0 spiro atoms. The number of amides is 1. The number of methoxy groups -OCH3 is 1. The number of ether oxygens (including phenoxy) is 2. The van der Waals surface area contributed by atoms with Gasteiger partial charge in [0, 0.05) is 0 Å². The predicted molar refractivity (Wildman–Crippen MR) is 111 cm³/mol. The van der Waals surface area contributed by atoms with Crippen molar-refractivity contribution in [2.24, 2.45) is 5.10 Å². The Bertz CT molecular complexity index is 1120.